The Morgan fingerprint density at radius 1 is 1.18 bits per heavy atom. The van der Waals surface area contributed by atoms with Gasteiger partial charge in [-0.15, -0.1) is 11.3 Å². The van der Waals surface area contributed by atoms with Crippen LogP contribution in [0.25, 0.3) is 21.3 Å². The van der Waals surface area contributed by atoms with Gasteiger partial charge >= 0.3 is 11.9 Å². The SMILES string of the molecule is N#Cc1cc2c(c(-c3ccnc4cc(Cn5c(=O)ccn(CC(F)(F)F)c5=O)sc34)c1)N(C1CCNC1)CCC2. The summed E-state index contributed by atoms with van der Waals surface area (Å²) in [6, 6.07) is 11.2. The van der Waals surface area contributed by atoms with E-state index in [2.05, 4.69) is 21.3 Å². The van der Waals surface area contributed by atoms with Crippen molar-refractivity contribution >= 4 is 27.2 Å². The van der Waals surface area contributed by atoms with Crippen molar-refractivity contribution in [2.24, 2.45) is 0 Å². The van der Waals surface area contributed by atoms with E-state index < -0.39 is 24.0 Å². The lowest BCUT2D eigenvalue weighted by Crippen LogP contribution is -2.41. The monoisotopic (exact) mass is 566 g/mol. The van der Waals surface area contributed by atoms with Gasteiger partial charge in [0, 0.05) is 59.3 Å². The molecule has 1 unspecified atom stereocenters. The molecular formula is C28H25F3N6O2S. The molecule has 12 heteroatoms. The van der Waals surface area contributed by atoms with Crippen molar-refractivity contribution in [1.29, 1.82) is 5.26 Å². The van der Waals surface area contributed by atoms with Crippen molar-refractivity contribution in [3.63, 3.8) is 0 Å². The minimum Gasteiger partial charge on any atom is -0.366 e. The number of hydrogen-bond acceptors (Lipinski definition) is 7. The molecule has 0 saturated carbocycles. The van der Waals surface area contributed by atoms with Gasteiger partial charge in [0.1, 0.15) is 6.54 Å². The average molecular weight is 567 g/mol. The Hall–Kier alpha value is -3.95. The largest absolute Gasteiger partial charge is 0.406 e. The van der Waals surface area contributed by atoms with Crippen LogP contribution >= 0.6 is 11.3 Å². The van der Waals surface area contributed by atoms with Gasteiger partial charge in [0.05, 0.1) is 28.4 Å². The highest BCUT2D eigenvalue weighted by Crippen LogP contribution is 2.43. The summed E-state index contributed by atoms with van der Waals surface area (Å²) in [6.45, 7) is 1.12. The number of aromatic nitrogens is 3. The molecule has 40 heavy (non-hydrogen) atoms. The molecule has 0 aliphatic carbocycles. The third kappa shape index (κ3) is 4.91. The van der Waals surface area contributed by atoms with Crippen LogP contribution in [0.4, 0.5) is 18.9 Å². The molecule has 1 saturated heterocycles. The van der Waals surface area contributed by atoms with Crippen LogP contribution in [0.2, 0.25) is 0 Å². The first-order chi connectivity index (χ1) is 19.2. The van der Waals surface area contributed by atoms with Crippen LogP contribution in [-0.4, -0.2) is 46.0 Å². The first-order valence-electron chi connectivity index (χ1n) is 13.0. The third-order valence-electron chi connectivity index (χ3n) is 7.48. The van der Waals surface area contributed by atoms with E-state index in [1.807, 2.05) is 18.2 Å². The Bertz CT molecular complexity index is 1760. The van der Waals surface area contributed by atoms with E-state index in [0.717, 1.165) is 82.8 Å². The van der Waals surface area contributed by atoms with Gasteiger partial charge in [0.15, 0.2) is 0 Å². The highest BCUT2D eigenvalue weighted by Gasteiger charge is 2.31. The molecule has 1 N–H and O–H groups in total. The van der Waals surface area contributed by atoms with E-state index in [0.29, 0.717) is 26.6 Å². The van der Waals surface area contributed by atoms with E-state index in [1.54, 1.807) is 12.3 Å². The van der Waals surface area contributed by atoms with E-state index in [9.17, 15) is 28.0 Å². The second-order valence-electron chi connectivity index (χ2n) is 10.1. The number of nitriles is 1. The maximum atomic E-state index is 12.9. The Kier molecular flexibility index (Phi) is 6.72. The number of rotatable bonds is 5. The number of aryl methyl sites for hydroxylation is 1. The van der Waals surface area contributed by atoms with Crippen molar-refractivity contribution in [2.75, 3.05) is 24.5 Å². The molecule has 1 aromatic carbocycles. The summed E-state index contributed by atoms with van der Waals surface area (Å²) >= 11 is 1.34. The summed E-state index contributed by atoms with van der Waals surface area (Å²) in [5.41, 5.74) is 3.61. The fraction of sp³-hybridized carbons (Fsp3) is 0.357. The van der Waals surface area contributed by atoms with Crippen LogP contribution in [0.5, 0.6) is 0 Å². The minimum absolute atomic E-state index is 0.174. The molecule has 6 rings (SSSR count). The third-order valence-corrected chi connectivity index (χ3v) is 8.62. The molecule has 0 amide bonds. The molecule has 4 aromatic rings. The number of anilines is 1. The first kappa shape index (κ1) is 26.3. The van der Waals surface area contributed by atoms with Crippen molar-refractivity contribution in [1.82, 2.24) is 19.4 Å². The zero-order valence-electron chi connectivity index (χ0n) is 21.4. The molecule has 5 heterocycles. The van der Waals surface area contributed by atoms with Gasteiger partial charge < -0.3 is 10.2 Å². The van der Waals surface area contributed by atoms with Gasteiger partial charge in [0.25, 0.3) is 5.56 Å². The maximum absolute atomic E-state index is 12.9. The molecule has 1 atom stereocenters. The molecule has 1 fully saturated rings. The lowest BCUT2D eigenvalue weighted by atomic mass is 9.90. The quantitative estimate of drug-likeness (QED) is 0.394. The van der Waals surface area contributed by atoms with Gasteiger partial charge in [-0.2, -0.15) is 18.4 Å². The molecule has 2 aliphatic rings. The van der Waals surface area contributed by atoms with Crippen molar-refractivity contribution < 1.29 is 13.2 Å². The molecule has 3 aromatic heterocycles. The molecule has 0 radical (unpaired) electrons. The Labute approximate surface area is 230 Å². The zero-order valence-corrected chi connectivity index (χ0v) is 22.2. The van der Waals surface area contributed by atoms with Crippen molar-refractivity contribution in [3.05, 3.63) is 79.6 Å². The van der Waals surface area contributed by atoms with Gasteiger partial charge in [-0.25, -0.2) is 4.79 Å². The molecule has 2 aliphatic heterocycles. The van der Waals surface area contributed by atoms with Gasteiger partial charge in [0.2, 0.25) is 0 Å². The Balaban J connectivity index is 1.45. The number of nitrogens with zero attached hydrogens (tertiary/aromatic N) is 5. The molecule has 8 nitrogen and oxygen atoms in total. The summed E-state index contributed by atoms with van der Waals surface area (Å²) in [6.07, 6.45) is 0.878. The normalized spacial score (nSPS) is 17.2. The predicted octanol–water partition coefficient (Wildman–Crippen LogP) is 3.88. The fourth-order valence-electron chi connectivity index (χ4n) is 5.77. The summed E-state index contributed by atoms with van der Waals surface area (Å²) in [5, 5.41) is 13.2. The van der Waals surface area contributed by atoms with Crippen LogP contribution in [0, 0.1) is 11.3 Å². The zero-order chi connectivity index (χ0) is 28.0. The van der Waals surface area contributed by atoms with E-state index in [4.69, 9.17) is 0 Å². The fourth-order valence-corrected chi connectivity index (χ4v) is 6.90. The maximum Gasteiger partial charge on any atom is 0.406 e. The molecule has 206 valence electrons. The number of benzene rings is 1. The Morgan fingerprint density at radius 2 is 2.02 bits per heavy atom. The number of fused-ring (bicyclic) bond motifs is 2. The smallest absolute Gasteiger partial charge is 0.366 e. The van der Waals surface area contributed by atoms with Gasteiger partial charge in [-0.1, -0.05) is 0 Å². The van der Waals surface area contributed by atoms with E-state index >= 15 is 0 Å². The number of hydrogen-bond donors (Lipinski definition) is 1. The van der Waals surface area contributed by atoms with Gasteiger partial charge in [-0.3, -0.25) is 18.9 Å². The Morgan fingerprint density at radius 3 is 2.77 bits per heavy atom. The second kappa shape index (κ2) is 10.2. The summed E-state index contributed by atoms with van der Waals surface area (Å²) in [5.74, 6) is 0. The van der Waals surface area contributed by atoms with Crippen molar-refractivity contribution in [3.8, 4) is 17.2 Å². The van der Waals surface area contributed by atoms with Crippen LogP contribution in [0.3, 0.4) is 0 Å². The standard InChI is InChI=1S/C28H25F3N6O2S/c29-28(30,31)16-35-9-5-24(38)37(27(35)39)15-20-12-23-26(40-20)21(4-7-34-23)22-11-17(13-32)10-18-2-1-8-36(25(18)22)19-3-6-33-14-19/h4-5,7,9-12,19,33H,1-3,6,8,14-16H2. The minimum atomic E-state index is -4.60. The van der Waals surface area contributed by atoms with Crippen LogP contribution < -0.4 is 21.5 Å². The second-order valence-corrected chi connectivity index (χ2v) is 11.3. The lowest BCUT2D eigenvalue weighted by Gasteiger charge is -2.38. The summed E-state index contributed by atoms with van der Waals surface area (Å²) < 4.78 is 41.0. The number of pyridine rings is 1. The van der Waals surface area contributed by atoms with Crippen molar-refractivity contribution in [2.45, 2.75) is 44.6 Å². The predicted molar refractivity (Wildman–Crippen MR) is 147 cm³/mol. The van der Waals surface area contributed by atoms with Crippen LogP contribution in [0.1, 0.15) is 28.8 Å². The topological polar surface area (TPSA) is 96.0 Å². The highest BCUT2D eigenvalue weighted by molar-refractivity contribution is 7.19. The summed E-state index contributed by atoms with van der Waals surface area (Å²) in [4.78, 5) is 32.8. The number of thiophene rings is 1. The van der Waals surface area contributed by atoms with E-state index in [1.165, 1.54) is 11.3 Å². The van der Waals surface area contributed by atoms with Gasteiger partial charge in [-0.05, 0) is 55.6 Å². The average Bonchev–Trinajstić information content (AvgIpc) is 3.61. The molecule has 0 bridgehead atoms. The first-order valence-corrected chi connectivity index (χ1v) is 13.8. The number of halogens is 3. The number of nitrogens with one attached hydrogen (secondary N) is 1. The highest BCUT2D eigenvalue weighted by atomic mass is 32.1. The van der Waals surface area contributed by atoms with Crippen LogP contribution in [0.15, 0.2) is 52.3 Å². The molecule has 0 spiro atoms. The van der Waals surface area contributed by atoms with Crippen LogP contribution in [-0.2, 0) is 19.5 Å². The summed E-state index contributed by atoms with van der Waals surface area (Å²) in [7, 11) is 0. The van der Waals surface area contributed by atoms with E-state index in [-0.39, 0.29) is 6.54 Å². The lowest BCUT2D eigenvalue weighted by molar-refractivity contribution is -0.141. The number of alkyl halides is 3. The molecular weight excluding hydrogens is 541 g/mol.